The fourth-order valence-electron chi connectivity index (χ4n) is 1.92. The van der Waals surface area contributed by atoms with Gasteiger partial charge in [-0.2, -0.15) is 5.10 Å². The second-order valence-corrected chi connectivity index (χ2v) is 4.75. The standard InChI is InChI=1S/C19H20N2O3/c1-2-23-19(22)21-20-15-17-12-6-7-13-18(17)24-14-8-11-16-9-4-3-5-10-16/h3-13,15H,2,14H2,1H3,(H,21,22)/b11-8+,20-15?. The largest absolute Gasteiger partial charge is 0.489 e. The van der Waals surface area contributed by atoms with Gasteiger partial charge in [0.15, 0.2) is 0 Å². The normalized spacial score (nSPS) is 10.9. The molecule has 0 aliphatic heterocycles. The molecule has 5 heteroatoms. The second-order valence-electron chi connectivity index (χ2n) is 4.75. The van der Waals surface area contributed by atoms with Crippen LogP contribution in [0.1, 0.15) is 18.1 Å². The number of hydrogen-bond acceptors (Lipinski definition) is 4. The first kappa shape index (κ1) is 17.3. The molecule has 24 heavy (non-hydrogen) atoms. The van der Waals surface area contributed by atoms with E-state index >= 15 is 0 Å². The number of para-hydroxylation sites is 1. The lowest BCUT2D eigenvalue weighted by molar-refractivity contribution is 0.152. The minimum Gasteiger partial charge on any atom is -0.489 e. The molecule has 0 radical (unpaired) electrons. The Kier molecular flexibility index (Phi) is 7.08. The Balaban J connectivity index is 1.90. The van der Waals surface area contributed by atoms with Gasteiger partial charge in [-0.25, -0.2) is 10.2 Å². The summed E-state index contributed by atoms with van der Waals surface area (Å²) < 4.78 is 10.5. The van der Waals surface area contributed by atoms with E-state index in [0.29, 0.717) is 19.0 Å². The third kappa shape index (κ3) is 5.96. The number of rotatable bonds is 7. The number of amides is 1. The Labute approximate surface area is 141 Å². The third-order valence-corrected chi connectivity index (χ3v) is 3.00. The summed E-state index contributed by atoms with van der Waals surface area (Å²) >= 11 is 0. The van der Waals surface area contributed by atoms with Crippen molar-refractivity contribution in [2.45, 2.75) is 6.92 Å². The molecule has 2 aromatic carbocycles. The van der Waals surface area contributed by atoms with Crippen molar-refractivity contribution in [3.63, 3.8) is 0 Å². The lowest BCUT2D eigenvalue weighted by atomic mass is 10.2. The van der Waals surface area contributed by atoms with E-state index in [-0.39, 0.29) is 0 Å². The van der Waals surface area contributed by atoms with Crippen LogP contribution >= 0.6 is 0 Å². The molecule has 0 bridgehead atoms. The molecule has 2 aromatic rings. The molecular formula is C19H20N2O3. The van der Waals surface area contributed by atoms with Crippen LogP contribution in [0.25, 0.3) is 6.08 Å². The zero-order valence-corrected chi connectivity index (χ0v) is 13.5. The van der Waals surface area contributed by atoms with Crippen molar-refractivity contribution in [1.82, 2.24) is 5.43 Å². The minimum absolute atomic E-state index is 0.300. The van der Waals surface area contributed by atoms with Crippen molar-refractivity contribution in [3.05, 3.63) is 71.8 Å². The van der Waals surface area contributed by atoms with E-state index in [2.05, 4.69) is 10.5 Å². The van der Waals surface area contributed by atoms with Gasteiger partial charge in [-0.15, -0.1) is 0 Å². The fourth-order valence-corrected chi connectivity index (χ4v) is 1.92. The number of hydrazone groups is 1. The Bertz CT molecular complexity index is 697. The summed E-state index contributed by atoms with van der Waals surface area (Å²) in [6.07, 6.45) is 4.88. The zero-order chi connectivity index (χ0) is 17.0. The third-order valence-electron chi connectivity index (χ3n) is 3.00. The summed E-state index contributed by atoms with van der Waals surface area (Å²) in [5.41, 5.74) is 4.17. The van der Waals surface area contributed by atoms with Crippen LogP contribution in [0, 0.1) is 0 Å². The van der Waals surface area contributed by atoms with Crippen LogP contribution in [0.15, 0.2) is 65.8 Å². The Hall–Kier alpha value is -3.08. The number of carbonyl (C=O) groups is 1. The van der Waals surface area contributed by atoms with Crippen LogP contribution in [0.2, 0.25) is 0 Å². The Morgan fingerprint density at radius 3 is 2.67 bits per heavy atom. The van der Waals surface area contributed by atoms with Crippen molar-refractivity contribution >= 4 is 18.4 Å². The van der Waals surface area contributed by atoms with Gasteiger partial charge in [0.05, 0.1) is 12.8 Å². The molecule has 0 unspecified atom stereocenters. The van der Waals surface area contributed by atoms with E-state index in [9.17, 15) is 4.79 Å². The van der Waals surface area contributed by atoms with Gasteiger partial charge in [-0.05, 0) is 30.7 Å². The number of ether oxygens (including phenoxy) is 2. The van der Waals surface area contributed by atoms with Gasteiger partial charge < -0.3 is 9.47 Å². The number of nitrogens with zero attached hydrogens (tertiary/aromatic N) is 1. The molecule has 0 saturated heterocycles. The molecule has 0 aliphatic rings. The quantitative estimate of drug-likeness (QED) is 0.621. The van der Waals surface area contributed by atoms with Crippen LogP contribution < -0.4 is 10.2 Å². The molecule has 124 valence electrons. The van der Waals surface area contributed by atoms with Crippen LogP contribution in [-0.2, 0) is 4.74 Å². The van der Waals surface area contributed by atoms with Gasteiger partial charge in [-0.1, -0.05) is 48.5 Å². The molecule has 1 N–H and O–H groups in total. The maximum Gasteiger partial charge on any atom is 0.427 e. The van der Waals surface area contributed by atoms with Crippen molar-refractivity contribution < 1.29 is 14.3 Å². The first-order valence-electron chi connectivity index (χ1n) is 7.69. The predicted octanol–water partition coefficient (Wildman–Crippen LogP) is 3.86. The van der Waals surface area contributed by atoms with Gasteiger partial charge >= 0.3 is 6.09 Å². The molecule has 1 amide bonds. The molecular weight excluding hydrogens is 304 g/mol. The summed E-state index contributed by atoms with van der Waals surface area (Å²) in [5.74, 6) is 0.685. The Morgan fingerprint density at radius 2 is 1.88 bits per heavy atom. The number of nitrogens with one attached hydrogen (secondary N) is 1. The van der Waals surface area contributed by atoms with Gasteiger partial charge in [0.2, 0.25) is 0 Å². The summed E-state index contributed by atoms with van der Waals surface area (Å²) in [6, 6.07) is 17.5. The second kappa shape index (κ2) is 9.84. The molecule has 0 saturated carbocycles. The van der Waals surface area contributed by atoms with E-state index in [4.69, 9.17) is 9.47 Å². The van der Waals surface area contributed by atoms with Crippen LogP contribution in [0.3, 0.4) is 0 Å². The fraction of sp³-hybridized carbons (Fsp3) is 0.158. The van der Waals surface area contributed by atoms with Gasteiger partial charge in [0, 0.05) is 5.56 Å². The first-order chi connectivity index (χ1) is 11.8. The molecule has 0 aromatic heterocycles. The lowest BCUT2D eigenvalue weighted by Crippen LogP contribution is -2.18. The molecule has 0 fully saturated rings. The Morgan fingerprint density at radius 1 is 1.12 bits per heavy atom. The molecule has 0 heterocycles. The molecule has 0 spiro atoms. The first-order valence-corrected chi connectivity index (χ1v) is 7.69. The van der Waals surface area contributed by atoms with E-state index in [0.717, 1.165) is 11.1 Å². The van der Waals surface area contributed by atoms with E-state index in [1.165, 1.54) is 6.21 Å². The molecule has 5 nitrogen and oxygen atoms in total. The number of benzene rings is 2. The maximum absolute atomic E-state index is 11.2. The van der Waals surface area contributed by atoms with Crippen LogP contribution in [0.4, 0.5) is 4.79 Å². The number of hydrogen-bond donors (Lipinski definition) is 1. The highest BCUT2D eigenvalue weighted by Gasteiger charge is 2.00. The summed E-state index contributed by atoms with van der Waals surface area (Å²) in [6.45, 7) is 2.47. The lowest BCUT2D eigenvalue weighted by Gasteiger charge is -2.06. The van der Waals surface area contributed by atoms with Gasteiger partial charge in [0.25, 0.3) is 0 Å². The van der Waals surface area contributed by atoms with E-state index in [1.54, 1.807) is 6.92 Å². The SMILES string of the molecule is CCOC(=O)NN=Cc1ccccc1OC/C=C/c1ccccc1. The topological polar surface area (TPSA) is 59.9 Å². The van der Waals surface area contributed by atoms with Crippen LogP contribution in [-0.4, -0.2) is 25.5 Å². The highest BCUT2D eigenvalue weighted by molar-refractivity contribution is 5.84. The molecule has 2 rings (SSSR count). The number of carbonyl (C=O) groups excluding carboxylic acids is 1. The predicted molar refractivity (Wildman–Crippen MR) is 95.2 cm³/mol. The highest BCUT2D eigenvalue weighted by Crippen LogP contribution is 2.15. The average molecular weight is 324 g/mol. The van der Waals surface area contributed by atoms with Crippen molar-refractivity contribution in [3.8, 4) is 5.75 Å². The minimum atomic E-state index is -0.585. The summed E-state index contributed by atoms with van der Waals surface area (Å²) in [4.78, 5) is 11.2. The monoisotopic (exact) mass is 324 g/mol. The smallest absolute Gasteiger partial charge is 0.427 e. The average Bonchev–Trinajstić information content (AvgIpc) is 2.61. The summed E-state index contributed by atoms with van der Waals surface area (Å²) in [7, 11) is 0. The van der Waals surface area contributed by atoms with E-state index in [1.807, 2.05) is 66.7 Å². The van der Waals surface area contributed by atoms with Gasteiger partial charge in [-0.3, -0.25) is 0 Å². The molecule has 0 atom stereocenters. The van der Waals surface area contributed by atoms with Crippen molar-refractivity contribution in [2.75, 3.05) is 13.2 Å². The highest BCUT2D eigenvalue weighted by atomic mass is 16.5. The summed E-state index contributed by atoms with van der Waals surface area (Å²) in [5, 5.41) is 3.85. The van der Waals surface area contributed by atoms with Crippen molar-refractivity contribution in [1.29, 1.82) is 0 Å². The van der Waals surface area contributed by atoms with Gasteiger partial charge in [0.1, 0.15) is 12.4 Å². The maximum atomic E-state index is 11.2. The zero-order valence-electron chi connectivity index (χ0n) is 13.5. The van der Waals surface area contributed by atoms with E-state index < -0.39 is 6.09 Å². The molecule has 0 aliphatic carbocycles. The van der Waals surface area contributed by atoms with Crippen molar-refractivity contribution in [2.24, 2.45) is 5.10 Å². The van der Waals surface area contributed by atoms with Crippen LogP contribution in [0.5, 0.6) is 5.75 Å².